The number of unbranched alkanes of at least 4 members (excludes halogenated alkanes) is 12. The molecular formula is C21H35ClO2S. The molecule has 1 aromatic carbocycles. The summed E-state index contributed by atoms with van der Waals surface area (Å²) in [6, 6.07) is 6.94. The molecule has 0 aliphatic carbocycles. The first-order chi connectivity index (χ1) is 12.0. The molecule has 144 valence electrons. The molecule has 0 aliphatic heterocycles. The SMILES string of the molecule is CCCCCCCCCCCCCCCc1ccc(S(=O)(=O)Cl)cc1. The molecule has 0 fully saturated rings. The van der Waals surface area contributed by atoms with E-state index in [2.05, 4.69) is 6.92 Å². The summed E-state index contributed by atoms with van der Waals surface area (Å²) >= 11 is 0. The third-order valence-corrected chi connectivity index (χ3v) is 6.14. The molecule has 0 amide bonds. The maximum absolute atomic E-state index is 11.2. The fraction of sp³-hybridized carbons (Fsp3) is 0.714. The molecule has 1 rings (SSSR count). The van der Waals surface area contributed by atoms with Gasteiger partial charge in [-0.25, -0.2) is 8.42 Å². The van der Waals surface area contributed by atoms with E-state index in [0.29, 0.717) is 0 Å². The second kappa shape index (κ2) is 13.6. The zero-order valence-corrected chi connectivity index (χ0v) is 17.4. The Kier molecular flexibility index (Phi) is 12.3. The summed E-state index contributed by atoms with van der Waals surface area (Å²) in [6.07, 6.45) is 18.7. The first-order valence-electron chi connectivity index (χ1n) is 10.1. The molecule has 0 saturated carbocycles. The highest BCUT2D eigenvalue weighted by atomic mass is 35.7. The Morgan fingerprint density at radius 1 is 0.680 bits per heavy atom. The highest BCUT2D eigenvalue weighted by Crippen LogP contribution is 2.17. The van der Waals surface area contributed by atoms with Crippen molar-refractivity contribution < 1.29 is 8.42 Å². The molecule has 2 nitrogen and oxygen atoms in total. The van der Waals surface area contributed by atoms with Crippen LogP contribution in [-0.2, 0) is 15.5 Å². The predicted molar refractivity (Wildman–Crippen MR) is 109 cm³/mol. The number of rotatable bonds is 15. The van der Waals surface area contributed by atoms with E-state index < -0.39 is 9.05 Å². The van der Waals surface area contributed by atoms with Gasteiger partial charge in [0.1, 0.15) is 0 Å². The molecule has 0 radical (unpaired) electrons. The van der Waals surface area contributed by atoms with Crippen LogP contribution in [0.5, 0.6) is 0 Å². The Bertz CT molecular complexity index is 538. The normalized spacial score (nSPS) is 11.8. The number of hydrogen-bond acceptors (Lipinski definition) is 2. The lowest BCUT2D eigenvalue weighted by Gasteiger charge is -2.04. The Hall–Kier alpha value is -0.540. The molecule has 25 heavy (non-hydrogen) atoms. The Morgan fingerprint density at radius 2 is 1.08 bits per heavy atom. The van der Waals surface area contributed by atoms with Crippen molar-refractivity contribution in [2.75, 3.05) is 0 Å². The predicted octanol–water partition coefficient (Wildman–Crippen LogP) is 7.25. The lowest BCUT2D eigenvalue weighted by atomic mass is 10.0. The molecule has 0 N–H and O–H groups in total. The summed E-state index contributed by atoms with van der Waals surface area (Å²) in [6.45, 7) is 2.27. The first-order valence-corrected chi connectivity index (χ1v) is 12.4. The standard InChI is InChI=1S/C21H35ClO2S/c1-2-3-4-5-6-7-8-9-10-11-12-13-14-15-20-16-18-21(19-17-20)25(22,23)24/h16-19H,2-15H2,1H3. The van der Waals surface area contributed by atoms with Crippen LogP contribution in [-0.4, -0.2) is 8.42 Å². The number of halogens is 1. The summed E-state index contributed by atoms with van der Waals surface area (Å²) in [7, 11) is 1.72. The molecule has 0 aromatic heterocycles. The maximum atomic E-state index is 11.2. The second-order valence-corrected chi connectivity index (χ2v) is 9.64. The van der Waals surface area contributed by atoms with Crippen LogP contribution >= 0.6 is 10.7 Å². The van der Waals surface area contributed by atoms with Crippen LogP contribution in [0.15, 0.2) is 29.2 Å². The molecule has 1 aromatic rings. The van der Waals surface area contributed by atoms with E-state index in [-0.39, 0.29) is 4.90 Å². The van der Waals surface area contributed by atoms with Crippen molar-refractivity contribution in [3.05, 3.63) is 29.8 Å². The topological polar surface area (TPSA) is 34.1 Å². The van der Waals surface area contributed by atoms with Gasteiger partial charge in [-0.3, -0.25) is 0 Å². The van der Waals surface area contributed by atoms with E-state index in [0.717, 1.165) is 6.42 Å². The van der Waals surface area contributed by atoms with Crippen molar-refractivity contribution >= 4 is 19.7 Å². The van der Waals surface area contributed by atoms with Gasteiger partial charge in [-0.1, -0.05) is 96.1 Å². The Labute approximate surface area is 159 Å². The van der Waals surface area contributed by atoms with Crippen LogP contribution in [0.3, 0.4) is 0 Å². The summed E-state index contributed by atoms with van der Waals surface area (Å²) in [5.41, 5.74) is 1.19. The van der Waals surface area contributed by atoms with Gasteiger partial charge >= 0.3 is 0 Å². The van der Waals surface area contributed by atoms with E-state index >= 15 is 0 Å². The van der Waals surface area contributed by atoms with Gasteiger partial charge in [0.15, 0.2) is 0 Å². The molecule has 0 saturated heterocycles. The maximum Gasteiger partial charge on any atom is 0.261 e. The number of hydrogen-bond donors (Lipinski definition) is 0. The summed E-state index contributed by atoms with van der Waals surface area (Å²) < 4.78 is 22.4. The highest BCUT2D eigenvalue weighted by Gasteiger charge is 2.08. The largest absolute Gasteiger partial charge is 0.261 e. The van der Waals surface area contributed by atoms with E-state index in [1.807, 2.05) is 12.1 Å². The van der Waals surface area contributed by atoms with Gasteiger partial charge in [-0.15, -0.1) is 0 Å². The molecule has 0 bridgehead atoms. The second-order valence-electron chi connectivity index (χ2n) is 7.07. The van der Waals surface area contributed by atoms with Crippen molar-refractivity contribution in [3.63, 3.8) is 0 Å². The highest BCUT2D eigenvalue weighted by molar-refractivity contribution is 8.13. The fourth-order valence-corrected chi connectivity index (χ4v) is 3.94. The van der Waals surface area contributed by atoms with Crippen LogP contribution in [0.2, 0.25) is 0 Å². The summed E-state index contributed by atoms with van der Waals surface area (Å²) in [5.74, 6) is 0. The number of benzene rings is 1. The molecule has 4 heteroatoms. The van der Waals surface area contributed by atoms with Crippen LogP contribution in [0.25, 0.3) is 0 Å². The monoisotopic (exact) mass is 386 g/mol. The van der Waals surface area contributed by atoms with Crippen molar-refractivity contribution in [2.45, 2.75) is 102 Å². The molecule has 0 spiro atoms. The van der Waals surface area contributed by atoms with Crippen LogP contribution in [0.4, 0.5) is 0 Å². The van der Waals surface area contributed by atoms with Gasteiger partial charge in [-0.2, -0.15) is 0 Å². The van der Waals surface area contributed by atoms with E-state index in [1.165, 1.54) is 89.0 Å². The molecule has 0 unspecified atom stereocenters. The van der Waals surface area contributed by atoms with Gasteiger partial charge in [0.2, 0.25) is 0 Å². The average molecular weight is 387 g/mol. The first kappa shape index (κ1) is 22.5. The zero-order valence-electron chi connectivity index (χ0n) is 15.8. The van der Waals surface area contributed by atoms with Crippen molar-refractivity contribution in [1.82, 2.24) is 0 Å². The van der Waals surface area contributed by atoms with Crippen LogP contribution in [0.1, 0.15) is 96.0 Å². The van der Waals surface area contributed by atoms with Gasteiger partial charge < -0.3 is 0 Å². The van der Waals surface area contributed by atoms with E-state index in [9.17, 15) is 8.42 Å². The summed E-state index contributed by atoms with van der Waals surface area (Å²) in [4.78, 5) is 0.184. The molecule has 0 atom stereocenters. The molecular weight excluding hydrogens is 352 g/mol. The fourth-order valence-electron chi connectivity index (χ4n) is 3.17. The summed E-state index contributed by atoms with van der Waals surface area (Å²) in [5, 5.41) is 0. The average Bonchev–Trinajstić information content (AvgIpc) is 2.58. The number of aryl methyl sites for hydroxylation is 1. The molecule has 0 aliphatic rings. The van der Waals surface area contributed by atoms with Gasteiger partial charge in [0.05, 0.1) is 4.90 Å². The lowest BCUT2D eigenvalue weighted by Crippen LogP contribution is -1.92. The smallest absolute Gasteiger partial charge is 0.207 e. The van der Waals surface area contributed by atoms with E-state index in [4.69, 9.17) is 10.7 Å². The minimum Gasteiger partial charge on any atom is -0.207 e. The zero-order chi connectivity index (χ0) is 18.4. The van der Waals surface area contributed by atoms with Crippen molar-refractivity contribution in [2.24, 2.45) is 0 Å². The van der Waals surface area contributed by atoms with Gasteiger partial charge in [0.25, 0.3) is 9.05 Å². The third-order valence-electron chi connectivity index (χ3n) is 4.77. The van der Waals surface area contributed by atoms with Crippen LogP contribution < -0.4 is 0 Å². The minimum atomic E-state index is -3.60. The van der Waals surface area contributed by atoms with Crippen molar-refractivity contribution in [3.8, 4) is 0 Å². The van der Waals surface area contributed by atoms with Crippen molar-refractivity contribution in [1.29, 1.82) is 0 Å². The molecule has 0 heterocycles. The Morgan fingerprint density at radius 3 is 1.48 bits per heavy atom. The minimum absolute atomic E-state index is 0.184. The van der Waals surface area contributed by atoms with Crippen LogP contribution in [0, 0.1) is 0 Å². The van der Waals surface area contributed by atoms with Gasteiger partial charge in [-0.05, 0) is 30.5 Å². The van der Waals surface area contributed by atoms with E-state index in [1.54, 1.807) is 12.1 Å². The third kappa shape index (κ3) is 11.6. The Balaban J connectivity index is 1.93. The van der Waals surface area contributed by atoms with Gasteiger partial charge in [0, 0.05) is 10.7 Å². The lowest BCUT2D eigenvalue weighted by molar-refractivity contribution is 0.539. The quantitative estimate of drug-likeness (QED) is 0.235.